The summed E-state index contributed by atoms with van der Waals surface area (Å²) >= 11 is 0. The number of nitrogens with zero attached hydrogens (tertiary/aromatic N) is 2. The van der Waals surface area contributed by atoms with Gasteiger partial charge in [0.25, 0.3) is 0 Å². The van der Waals surface area contributed by atoms with E-state index >= 15 is 0 Å². The van der Waals surface area contributed by atoms with E-state index in [2.05, 4.69) is 20.6 Å². The molecule has 2 saturated heterocycles. The summed E-state index contributed by atoms with van der Waals surface area (Å²) in [6.45, 7) is 2.98. The molecule has 2 aliphatic heterocycles. The summed E-state index contributed by atoms with van der Waals surface area (Å²) in [6, 6.07) is 7.35. The monoisotopic (exact) mass is 369 g/mol. The highest BCUT2D eigenvalue weighted by Crippen LogP contribution is 2.40. The summed E-state index contributed by atoms with van der Waals surface area (Å²) in [5.74, 6) is 0.304. The maximum atomic E-state index is 12.6. The van der Waals surface area contributed by atoms with Crippen molar-refractivity contribution in [2.24, 2.45) is 5.41 Å². The third-order valence-electron chi connectivity index (χ3n) is 5.62. The van der Waals surface area contributed by atoms with Crippen LogP contribution in [-0.4, -0.2) is 45.8 Å². The van der Waals surface area contributed by atoms with Crippen LogP contribution in [0.5, 0.6) is 0 Å². The number of para-hydroxylation sites is 2. The van der Waals surface area contributed by atoms with Crippen molar-refractivity contribution in [3.63, 3.8) is 0 Å². The number of likely N-dealkylation sites (tertiary alicyclic amines) is 1. The Morgan fingerprint density at radius 2 is 1.85 bits per heavy atom. The molecule has 2 aromatic rings. The maximum Gasteiger partial charge on any atom is 0.317 e. The van der Waals surface area contributed by atoms with Crippen molar-refractivity contribution >= 4 is 28.9 Å². The SMILES string of the molecule is C[C@H](NC(=O)N1CCC2(CC1)CC(=O)NC(=O)C2)c1nc2ccccc2[nH]1. The topological polar surface area (TPSA) is 107 Å². The normalized spacial score (nSPS) is 20.6. The average molecular weight is 369 g/mol. The van der Waals surface area contributed by atoms with Gasteiger partial charge in [-0.05, 0) is 37.3 Å². The third kappa shape index (κ3) is 3.51. The molecular formula is C19H23N5O3. The molecule has 1 aromatic heterocycles. The van der Waals surface area contributed by atoms with Crippen molar-refractivity contribution in [2.75, 3.05) is 13.1 Å². The standard InChI is InChI=1S/C19H23N5O3/c1-12(17-21-13-4-2-3-5-14(13)22-17)20-18(27)24-8-6-19(7-9-24)10-15(25)23-16(26)11-19/h2-5,12H,6-11H2,1H3,(H,20,27)(H,21,22)(H,23,25,26)/t12-/m0/s1. The maximum absolute atomic E-state index is 12.6. The van der Waals surface area contributed by atoms with E-state index in [1.165, 1.54) is 0 Å². The minimum absolute atomic E-state index is 0.149. The number of fused-ring (bicyclic) bond motifs is 1. The number of imide groups is 1. The summed E-state index contributed by atoms with van der Waals surface area (Å²) in [6.07, 6.45) is 2.06. The van der Waals surface area contributed by atoms with E-state index in [-0.39, 0.29) is 29.3 Å². The number of imidazole rings is 1. The number of carbonyl (C=O) groups excluding carboxylic acids is 3. The summed E-state index contributed by atoms with van der Waals surface area (Å²) in [5.41, 5.74) is 1.52. The summed E-state index contributed by atoms with van der Waals surface area (Å²) in [4.78, 5) is 45.5. The van der Waals surface area contributed by atoms with Crippen molar-refractivity contribution in [1.82, 2.24) is 25.5 Å². The van der Waals surface area contributed by atoms with Crippen LogP contribution in [0.1, 0.15) is 44.5 Å². The van der Waals surface area contributed by atoms with Crippen LogP contribution in [-0.2, 0) is 9.59 Å². The molecule has 2 aliphatic rings. The van der Waals surface area contributed by atoms with Crippen LogP contribution >= 0.6 is 0 Å². The number of H-pyrrole nitrogens is 1. The largest absolute Gasteiger partial charge is 0.340 e. The highest BCUT2D eigenvalue weighted by atomic mass is 16.2. The quantitative estimate of drug-likeness (QED) is 0.702. The molecule has 1 spiro atoms. The van der Waals surface area contributed by atoms with Gasteiger partial charge in [0, 0.05) is 25.9 Å². The summed E-state index contributed by atoms with van der Waals surface area (Å²) in [7, 11) is 0. The minimum atomic E-state index is -0.291. The fraction of sp³-hybridized carbons (Fsp3) is 0.474. The Kier molecular flexibility index (Phi) is 4.33. The Labute approximate surface area is 156 Å². The van der Waals surface area contributed by atoms with Gasteiger partial charge < -0.3 is 15.2 Å². The number of urea groups is 1. The molecule has 8 heteroatoms. The molecule has 1 aromatic carbocycles. The van der Waals surface area contributed by atoms with Gasteiger partial charge in [-0.3, -0.25) is 14.9 Å². The number of aromatic nitrogens is 2. The first-order valence-electron chi connectivity index (χ1n) is 9.27. The molecule has 0 bridgehead atoms. The Bertz CT molecular complexity index is 847. The molecule has 0 unspecified atom stereocenters. The lowest BCUT2D eigenvalue weighted by Crippen LogP contribution is -2.52. The van der Waals surface area contributed by atoms with E-state index in [4.69, 9.17) is 0 Å². The second-order valence-corrected chi connectivity index (χ2v) is 7.62. The van der Waals surface area contributed by atoms with Crippen LogP contribution in [0, 0.1) is 5.41 Å². The number of carbonyl (C=O) groups is 3. The molecule has 3 N–H and O–H groups in total. The number of nitrogens with one attached hydrogen (secondary N) is 3. The molecule has 0 saturated carbocycles. The van der Waals surface area contributed by atoms with Gasteiger partial charge in [-0.2, -0.15) is 0 Å². The molecule has 1 atom stereocenters. The zero-order chi connectivity index (χ0) is 19.0. The minimum Gasteiger partial charge on any atom is -0.340 e. The summed E-state index contributed by atoms with van der Waals surface area (Å²) in [5, 5.41) is 5.34. The lowest BCUT2D eigenvalue weighted by Gasteiger charge is -2.43. The molecule has 4 amide bonds. The number of benzene rings is 1. The van der Waals surface area contributed by atoms with Crippen molar-refractivity contribution < 1.29 is 14.4 Å². The Balaban J connectivity index is 1.36. The van der Waals surface area contributed by atoms with Gasteiger partial charge in [-0.1, -0.05) is 12.1 Å². The third-order valence-corrected chi connectivity index (χ3v) is 5.62. The van der Waals surface area contributed by atoms with Gasteiger partial charge in [-0.15, -0.1) is 0 Å². The average Bonchev–Trinajstić information content (AvgIpc) is 3.05. The number of hydrogen-bond donors (Lipinski definition) is 3. The predicted octanol–water partition coefficient (Wildman–Crippen LogP) is 1.85. The lowest BCUT2D eigenvalue weighted by atomic mass is 9.71. The fourth-order valence-electron chi connectivity index (χ4n) is 4.05. The van der Waals surface area contributed by atoms with Crippen LogP contribution in [0.15, 0.2) is 24.3 Å². The van der Waals surface area contributed by atoms with Gasteiger partial charge in [0.15, 0.2) is 0 Å². The predicted molar refractivity (Wildman–Crippen MR) is 98.7 cm³/mol. The van der Waals surface area contributed by atoms with Crippen LogP contribution in [0.3, 0.4) is 0 Å². The van der Waals surface area contributed by atoms with E-state index < -0.39 is 0 Å². The van der Waals surface area contributed by atoms with E-state index in [1.54, 1.807) is 4.90 Å². The molecule has 27 heavy (non-hydrogen) atoms. The molecule has 8 nitrogen and oxygen atoms in total. The van der Waals surface area contributed by atoms with Gasteiger partial charge in [0.2, 0.25) is 11.8 Å². The van der Waals surface area contributed by atoms with Gasteiger partial charge in [-0.25, -0.2) is 9.78 Å². The zero-order valence-corrected chi connectivity index (χ0v) is 15.2. The molecular weight excluding hydrogens is 346 g/mol. The Hall–Kier alpha value is -2.90. The van der Waals surface area contributed by atoms with Crippen molar-refractivity contribution in [1.29, 1.82) is 0 Å². The lowest BCUT2D eigenvalue weighted by molar-refractivity contribution is -0.139. The van der Waals surface area contributed by atoms with Crippen molar-refractivity contribution in [2.45, 2.75) is 38.6 Å². The van der Waals surface area contributed by atoms with Crippen molar-refractivity contribution in [3.8, 4) is 0 Å². The van der Waals surface area contributed by atoms with Crippen LogP contribution in [0.25, 0.3) is 11.0 Å². The number of amides is 4. The highest BCUT2D eigenvalue weighted by molar-refractivity contribution is 5.98. The fourth-order valence-corrected chi connectivity index (χ4v) is 4.05. The van der Waals surface area contributed by atoms with Gasteiger partial charge >= 0.3 is 6.03 Å². The molecule has 4 rings (SSSR count). The first kappa shape index (κ1) is 17.5. The first-order chi connectivity index (χ1) is 12.9. The summed E-state index contributed by atoms with van der Waals surface area (Å²) < 4.78 is 0. The van der Waals surface area contributed by atoms with Gasteiger partial charge in [0.1, 0.15) is 5.82 Å². The Morgan fingerprint density at radius 1 is 1.19 bits per heavy atom. The number of rotatable bonds is 2. The van der Waals surface area contributed by atoms with E-state index in [9.17, 15) is 14.4 Å². The van der Waals surface area contributed by atoms with E-state index in [0.29, 0.717) is 44.6 Å². The Morgan fingerprint density at radius 3 is 2.52 bits per heavy atom. The molecule has 2 fully saturated rings. The molecule has 3 heterocycles. The number of hydrogen-bond acceptors (Lipinski definition) is 4. The first-order valence-corrected chi connectivity index (χ1v) is 9.27. The number of piperidine rings is 2. The highest BCUT2D eigenvalue weighted by Gasteiger charge is 2.42. The molecule has 0 radical (unpaired) electrons. The second-order valence-electron chi connectivity index (χ2n) is 7.62. The molecule has 142 valence electrons. The molecule has 0 aliphatic carbocycles. The second kappa shape index (κ2) is 6.68. The van der Waals surface area contributed by atoms with E-state index in [1.807, 2.05) is 31.2 Å². The van der Waals surface area contributed by atoms with E-state index in [0.717, 1.165) is 11.0 Å². The zero-order valence-electron chi connectivity index (χ0n) is 15.2. The number of aromatic amines is 1. The van der Waals surface area contributed by atoms with Crippen LogP contribution < -0.4 is 10.6 Å². The van der Waals surface area contributed by atoms with Crippen LogP contribution in [0.2, 0.25) is 0 Å². The van der Waals surface area contributed by atoms with Gasteiger partial charge in [0.05, 0.1) is 17.1 Å². The smallest absolute Gasteiger partial charge is 0.317 e. The van der Waals surface area contributed by atoms with Crippen LogP contribution in [0.4, 0.5) is 4.79 Å². The van der Waals surface area contributed by atoms with Crippen molar-refractivity contribution in [3.05, 3.63) is 30.1 Å².